The molecule has 2 aromatic heterocycles. The van der Waals surface area contributed by atoms with Crippen LogP contribution in [0.1, 0.15) is 31.1 Å². The number of carbonyl (C=O) groups is 1. The predicted molar refractivity (Wildman–Crippen MR) is 107 cm³/mol. The Bertz CT molecular complexity index is 1300. The quantitative estimate of drug-likeness (QED) is 0.621. The summed E-state index contributed by atoms with van der Waals surface area (Å²) in [6.45, 7) is 1.88. The minimum absolute atomic E-state index is 0.0967. The Balaban J connectivity index is 1.76. The fraction of sp³-hybridized carbons (Fsp3) is 0.333. The summed E-state index contributed by atoms with van der Waals surface area (Å²) in [5.74, 6) is -3.77. The Hall–Kier alpha value is -3.47. The van der Waals surface area contributed by atoms with Crippen molar-refractivity contribution in [1.29, 1.82) is 0 Å². The molecular weight excluding hydrogens is 429 g/mol. The highest BCUT2D eigenvalue weighted by Gasteiger charge is 2.36. The first-order chi connectivity index (χ1) is 15.3. The van der Waals surface area contributed by atoms with Crippen LogP contribution in [0.15, 0.2) is 40.1 Å². The summed E-state index contributed by atoms with van der Waals surface area (Å²) in [6, 6.07) is 1.69. The van der Waals surface area contributed by atoms with E-state index in [1.54, 1.807) is 0 Å². The van der Waals surface area contributed by atoms with Crippen molar-refractivity contribution in [3.8, 4) is 0 Å². The molecule has 0 saturated carbocycles. The van der Waals surface area contributed by atoms with Gasteiger partial charge in [0.15, 0.2) is 0 Å². The minimum atomic E-state index is -1.30. The van der Waals surface area contributed by atoms with E-state index in [0.29, 0.717) is 19.1 Å². The number of fused-ring (bicyclic) bond motifs is 1. The van der Waals surface area contributed by atoms with Crippen molar-refractivity contribution < 1.29 is 22.7 Å². The number of pyridine rings is 1. The topological polar surface area (TPSA) is 106 Å². The summed E-state index contributed by atoms with van der Waals surface area (Å²) in [5, 5.41) is 2.44. The number of H-pyrrole nitrogens is 1. The van der Waals surface area contributed by atoms with Crippen molar-refractivity contribution in [2.75, 3.05) is 13.2 Å². The Morgan fingerprint density at radius 1 is 1.25 bits per heavy atom. The zero-order valence-corrected chi connectivity index (χ0v) is 16.9. The highest BCUT2D eigenvalue weighted by atomic mass is 19.1. The van der Waals surface area contributed by atoms with Gasteiger partial charge >= 0.3 is 5.69 Å². The van der Waals surface area contributed by atoms with Crippen molar-refractivity contribution in [3.63, 3.8) is 0 Å². The molecule has 4 rings (SSSR count). The molecule has 2 N–H and O–H groups in total. The minimum Gasteiger partial charge on any atom is -0.381 e. The van der Waals surface area contributed by atoms with Crippen molar-refractivity contribution in [2.45, 2.75) is 25.4 Å². The second-order valence-electron chi connectivity index (χ2n) is 7.61. The molecular formula is C21H19F3N4O4. The number of nitrogens with zero attached hydrogens (tertiary/aromatic N) is 2. The summed E-state index contributed by atoms with van der Waals surface area (Å²) in [7, 11) is 0. The number of aromatic nitrogens is 3. The molecule has 1 saturated heterocycles. The molecule has 0 unspecified atom stereocenters. The molecule has 3 atom stereocenters. The number of amides is 1. The Labute approximate surface area is 179 Å². The molecule has 1 aliphatic rings. The summed E-state index contributed by atoms with van der Waals surface area (Å²) in [6.07, 6.45) is 1.21. The second-order valence-corrected chi connectivity index (χ2v) is 7.61. The van der Waals surface area contributed by atoms with Crippen LogP contribution in [-0.4, -0.2) is 33.7 Å². The molecule has 32 heavy (non-hydrogen) atoms. The van der Waals surface area contributed by atoms with E-state index in [-0.39, 0.29) is 23.2 Å². The van der Waals surface area contributed by atoms with Crippen molar-refractivity contribution in [3.05, 3.63) is 74.4 Å². The SMILES string of the molecule is C[C@@H](NC(=O)[C@@H]([C@@H]1CCOC1)n1c(=O)[nH]c2ccc(F)cc2c1=O)c1ncc(F)cc1F. The Morgan fingerprint density at radius 2 is 2.03 bits per heavy atom. The van der Waals surface area contributed by atoms with Gasteiger partial charge < -0.3 is 15.0 Å². The lowest BCUT2D eigenvalue weighted by molar-refractivity contribution is -0.126. The number of hydrogen-bond donors (Lipinski definition) is 2. The molecule has 168 valence electrons. The molecule has 3 heterocycles. The Morgan fingerprint density at radius 3 is 2.72 bits per heavy atom. The molecule has 11 heteroatoms. The summed E-state index contributed by atoms with van der Waals surface area (Å²) >= 11 is 0. The van der Waals surface area contributed by atoms with E-state index >= 15 is 0 Å². The molecule has 1 aliphatic heterocycles. The average Bonchev–Trinajstić information content (AvgIpc) is 3.25. The lowest BCUT2D eigenvalue weighted by Crippen LogP contribution is -2.48. The van der Waals surface area contributed by atoms with E-state index in [4.69, 9.17) is 4.74 Å². The van der Waals surface area contributed by atoms with Gasteiger partial charge in [-0.05, 0) is 31.5 Å². The van der Waals surface area contributed by atoms with Crippen molar-refractivity contribution in [2.24, 2.45) is 5.92 Å². The smallest absolute Gasteiger partial charge is 0.329 e. The van der Waals surface area contributed by atoms with E-state index < -0.39 is 52.6 Å². The van der Waals surface area contributed by atoms with E-state index in [1.807, 2.05) is 0 Å². The summed E-state index contributed by atoms with van der Waals surface area (Å²) in [5.41, 5.74) is -1.76. The predicted octanol–water partition coefficient (Wildman–Crippen LogP) is 1.96. The van der Waals surface area contributed by atoms with Gasteiger partial charge in [-0.2, -0.15) is 0 Å². The van der Waals surface area contributed by atoms with Crippen LogP contribution in [0.5, 0.6) is 0 Å². The lowest BCUT2D eigenvalue weighted by Gasteiger charge is -2.25. The molecule has 0 spiro atoms. The van der Waals surface area contributed by atoms with Crippen LogP contribution in [0.3, 0.4) is 0 Å². The van der Waals surface area contributed by atoms with Crippen LogP contribution in [0.4, 0.5) is 13.2 Å². The third-order valence-corrected chi connectivity index (χ3v) is 5.45. The average molecular weight is 448 g/mol. The van der Waals surface area contributed by atoms with E-state index in [0.717, 1.165) is 22.9 Å². The maximum absolute atomic E-state index is 14.1. The third kappa shape index (κ3) is 4.03. The molecule has 1 amide bonds. The van der Waals surface area contributed by atoms with Crippen LogP contribution in [0.2, 0.25) is 0 Å². The number of rotatable bonds is 5. The first-order valence-electron chi connectivity index (χ1n) is 9.89. The zero-order valence-electron chi connectivity index (χ0n) is 16.9. The van der Waals surface area contributed by atoms with Gasteiger partial charge in [-0.25, -0.2) is 22.5 Å². The number of ether oxygens (including phenoxy) is 1. The zero-order chi connectivity index (χ0) is 23.0. The van der Waals surface area contributed by atoms with Crippen molar-refractivity contribution in [1.82, 2.24) is 19.9 Å². The monoisotopic (exact) mass is 448 g/mol. The van der Waals surface area contributed by atoms with Gasteiger partial charge in [0.05, 0.1) is 35.4 Å². The van der Waals surface area contributed by atoms with Crippen LogP contribution < -0.4 is 16.6 Å². The first-order valence-corrected chi connectivity index (χ1v) is 9.89. The number of nitrogens with one attached hydrogen (secondary N) is 2. The lowest BCUT2D eigenvalue weighted by atomic mass is 9.97. The maximum atomic E-state index is 14.1. The number of benzene rings is 1. The van der Waals surface area contributed by atoms with Gasteiger partial charge in [0.2, 0.25) is 5.91 Å². The summed E-state index contributed by atoms with van der Waals surface area (Å²) < 4.78 is 47.1. The first kappa shape index (κ1) is 21.8. The molecule has 0 bridgehead atoms. The largest absolute Gasteiger partial charge is 0.381 e. The fourth-order valence-electron chi connectivity index (χ4n) is 3.91. The van der Waals surface area contributed by atoms with Gasteiger partial charge in [-0.15, -0.1) is 0 Å². The highest BCUT2D eigenvalue weighted by Crippen LogP contribution is 2.26. The number of aromatic amines is 1. The van der Waals surface area contributed by atoms with E-state index in [2.05, 4.69) is 15.3 Å². The van der Waals surface area contributed by atoms with Gasteiger partial charge in [0.25, 0.3) is 5.56 Å². The van der Waals surface area contributed by atoms with Crippen LogP contribution >= 0.6 is 0 Å². The number of halogens is 3. The molecule has 0 radical (unpaired) electrons. The molecule has 1 fully saturated rings. The van der Waals surface area contributed by atoms with Crippen LogP contribution in [-0.2, 0) is 9.53 Å². The molecule has 3 aromatic rings. The van der Waals surface area contributed by atoms with Crippen molar-refractivity contribution >= 4 is 16.8 Å². The highest BCUT2D eigenvalue weighted by molar-refractivity contribution is 5.82. The maximum Gasteiger partial charge on any atom is 0.329 e. The number of hydrogen-bond acceptors (Lipinski definition) is 5. The van der Waals surface area contributed by atoms with E-state index in [1.165, 1.54) is 13.0 Å². The van der Waals surface area contributed by atoms with E-state index in [9.17, 15) is 27.6 Å². The van der Waals surface area contributed by atoms with Gasteiger partial charge in [0.1, 0.15) is 23.5 Å². The van der Waals surface area contributed by atoms with Gasteiger partial charge in [0, 0.05) is 18.6 Å². The van der Waals surface area contributed by atoms with Crippen LogP contribution in [0.25, 0.3) is 10.9 Å². The standard InChI is InChI=1S/C21H19F3N4O4/c1-10(17-15(24)7-13(23)8-25-17)26-19(29)18(11-4-5-32-9-11)28-20(30)14-6-12(22)2-3-16(14)27-21(28)31/h2-3,6-8,10-11,18H,4-5,9H2,1H3,(H,26,29)(H,27,31)/t10-,11-,18-/m1/s1. The molecule has 8 nitrogen and oxygen atoms in total. The summed E-state index contributed by atoms with van der Waals surface area (Å²) in [4.78, 5) is 45.3. The third-order valence-electron chi connectivity index (χ3n) is 5.45. The fourth-order valence-corrected chi connectivity index (χ4v) is 3.91. The van der Waals surface area contributed by atoms with Crippen LogP contribution in [0, 0.1) is 23.4 Å². The normalized spacial score (nSPS) is 17.9. The molecule has 0 aliphatic carbocycles. The Kier molecular flexibility index (Phi) is 5.83. The second kappa shape index (κ2) is 8.58. The van der Waals surface area contributed by atoms with Gasteiger partial charge in [-0.3, -0.25) is 14.6 Å². The molecule has 1 aromatic carbocycles. The number of carbonyl (C=O) groups excluding carboxylic acids is 1. The van der Waals surface area contributed by atoms with Gasteiger partial charge in [-0.1, -0.05) is 0 Å².